The fourth-order valence-corrected chi connectivity index (χ4v) is 3.69. The normalized spacial score (nSPS) is 19.0. The topological polar surface area (TPSA) is 35.2 Å². The third-order valence-electron chi connectivity index (χ3n) is 2.59. The second-order valence-electron chi connectivity index (χ2n) is 3.65. The minimum atomic E-state index is 0.229. The molecule has 2 N–H and O–H groups in total. The summed E-state index contributed by atoms with van der Waals surface area (Å²) in [5.74, 6) is 5.14. The van der Waals surface area contributed by atoms with E-state index in [-0.39, 0.29) is 5.41 Å². The van der Waals surface area contributed by atoms with Crippen LogP contribution in [0.2, 0.25) is 0 Å². The second kappa shape index (κ2) is 3.35. The maximum atomic E-state index is 5.14. The lowest BCUT2D eigenvalue weighted by molar-refractivity contribution is 0.117. The molecular formula is C9H12BrNOS. The SMILES string of the molecule is Cc1csc(C2(CON)CC2)c1Br. The van der Waals surface area contributed by atoms with E-state index in [2.05, 4.69) is 28.2 Å². The van der Waals surface area contributed by atoms with Gasteiger partial charge >= 0.3 is 0 Å². The van der Waals surface area contributed by atoms with Gasteiger partial charge in [-0.05, 0) is 46.6 Å². The molecule has 4 heteroatoms. The van der Waals surface area contributed by atoms with Crippen molar-refractivity contribution < 1.29 is 4.84 Å². The van der Waals surface area contributed by atoms with E-state index in [4.69, 9.17) is 10.7 Å². The van der Waals surface area contributed by atoms with Crippen LogP contribution in [0.4, 0.5) is 0 Å². The number of nitrogens with two attached hydrogens (primary N) is 1. The molecule has 1 fully saturated rings. The molecule has 0 amide bonds. The molecule has 0 radical (unpaired) electrons. The Morgan fingerprint density at radius 1 is 1.69 bits per heavy atom. The zero-order valence-electron chi connectivity index (χ0n) is 7.47. The summed E-state index contributed by atoms with van der Waals surface area (Å²) >= 11 is 5.41. The molecule has 0 saturated heterocycles. The quantitative estimate of drug-likeness (QED) is 0.850. The average Bonchev–Trinajstić information content (AvgIpc) is 2.79. The van der Waals surface area contributed by atoms with Crippen LogP contribution in [0.25, 0.3) is 0 Å². The number of hydrogen-bond acceptors (Lipinski definition) is 3. The smallest absolute Gasteiger partial charge is 0.0784 e. The lowest BCUT2D eigenvalue weighted by Crippen LogP contribution is -2.17. The molecule has 1 aliphatic carbocycles. The fraction of sp³-hybridized carbons (Fsp3) is 0.556. The van der Waals surface area contributed by atoms with Gasteiger partial charge in [0, 0.05) is 14.8 Å². The van der Waals surface area contributed by atoms with Gasteiger partial charge in [0.2, 0.25) is 0 Å². The van der Waals surface area contributed by atoms with Gasteiger partial charge in [-0.3, -0.25) is 0 Å². The predicted molar refractivity (Wildman–Crippen MR) is 57.8 cm³/mol. The summed E-state index contributed by atoms with van der Waals surface area (Å²) in [5.41, 5.74) is 1.54. The van der Waals surface area contributed by atoms with E-state index in [1.54, 1.807) is 11.3 Å². The van der Waals surface area contributed by atoms with Crippen molar-refractivity contribution in [3.05, 3.63) is 20.3 Å². The lowest BCUT2D eigenvalue weighted by Gasteiger charge is -2.11. The molecule has 0 aromatic carbocycles. The van der Waals surface area contributed by atoms with E-state index in [0.29, 0.717) is 6.61 Å². The van der Waals surface area contributed by atoms with Crippen molar-refractivity contribution in [3.8, 4) is 0 Å². The fourth-order valence-electron chi connectivity index (χ4n) is 1.54. The summed E-state index contributed by atoms with van der Waals surface area (Å²) in [6.07, 6.45) is 2.39. The van der Waals surface area contributed by atoms with Gasteiger partial charge in [0.05, 0.1) is 6.61 Å². The molecule has 2 rings (SSSR count). The minimum absolute atomic E-state index is 0.229. The van der Waals surface area contributed by atoms with E-state index in [1.807, 2.05) is 0 Å². The molecule has 0 bridgehead atoms. The Morgan fingerprint density at radius 2 is 2.38 bits per heavy atom. The Balaban J connectivity index is 2.30. The second-order valence-corrected chi connectivity index (χ2v) is 5.33. The van der Waals surface area contributed by atoms with Crippen molar-refractivity contribution in [1.82, 2.24) is 0 Å². The molecule has 0 spiro atoms. The number of halogens is 1. The molecule has 0 aliphatic heterocycles. The Labute approximate surface area is 90.2 Å². The molecule has 0 atom stereocenters. The standard InChI is InChI=1S/C9H12BrNOS/c1-6-4-13-8(7(6)10)9(2-3-9)5-12-11/h4H,2-3,5,11H2,1H3. The Bertz CT molecular complexity index is 319. The Hall–Kier alpha value is 0.100. The summed E-state index contributed by atoms with van der Waals surface area (Å²) in [6, 6.07) is 0. The molecule has 1 saturated carbocycles. The number of rotatable bonds is 3. The number of aryl methyl sites for hydroxylation is 1. The van der Waals surface area contributed by atoms with Gasteiger partial charge in [-0.2, -0.15) is 0 Å². The highest BCUT2D eigenvalue weighted by atomic mass is 79.9. The van der Waals surface area contributed by atoms with Crippen molar-refractivity contribution in [2.24, 2.45) is 5.90 Å². The average molecular weight is 262 g/mol. The molecular weight excluding hydrogens is 250 g/mol. The monoisotopic (exact) mass is 261 g/mol. The van der Waals surface area contributed by atoms with Gasteiger partial charge in [-0.15, -0.1) is 11.3 Å². The van der Waals surface area contributed by atoms with Crippen LogP contribution >= 0.6 is 27.3 Å². The van der Waals surface area contributed by atoms with Crippen LogP contribution in [-0.4, -0.2) is 6.61 Å². The summed E-state index contributed by atoms with van der Waals surface area (Å²) < 4.78 is 1.24. The van der Waals surface area contributed by atoms with Crippen LogP contribution < -0.4 is 5.90 Å². The first-order chi connectivity index (χ1) is 6.19. The van der Waals surface area contributed by atoms with Crippen molar-refractivity contribution in [2.75, 3.05) is 6.61 Å². The lowest BCUT2D eigenvalue weighted by atomic mass is 10.1. The van der Waals surface area contributed by atoms with Crippen LogP contribution in [0.5, 0.6) is 0 Å². The first kappa shape index (κ1) is 9.65. The molecule has 0 unspecified atom stereocenters. The number of thiophene rings is 1. The highest BCUT2D eigenvalue weighted by molar-refractivity contribution is 9.10. The van der Waals surface area contributed by atoms with E-state index >= 15 is 0 Å². The van der Waals surface area contributed by atoms with E-state index in [0.717, 1.165) is 0 Å². The van der Waals surface area contributed by atoms with Crippen LogP contribution in [0.1, 0.15) is 23.3 Å². The van der Waals surface area contributed by atoms with Gasteiger partial charge in [0.25, 0.3) is 0 Å². The zero-order valence-corrected chi connectivity index (χ0v) is 9.87. The van der Waals surface area contributed by atoms with Gasteiger partial charge in [0.1, 0.15) is 0 Å². The molecule has 1 aliphatic rings. The molecule has 1 aromatic rings. The van der Waals surface area contributed by atoms with Gasteiger partial charge in [-0.1, -0.05) is 0 Å². The largest absolute Gasteiger partial charge is 0.304 e. The van der Waals surface area contributed by atoms with Gasteiger partial charge in [-0.25, -0.2) is 5.90 Å². The molecule has 13 heavy (non-hydrogen) atoms. The van der Waals surface area contributed by atoms with Crippen LogP contribution in [0.3, 0.4) is 0 Å². The van der Waals surface area contributed by atoms with E-state index in [1.165, 1.54) is 27.8 Å². The third kappa shape index (κ3) is 1.56. The number of hydrogen-bond donors (Lipinski definition) is 1. The molecule has 1 aromatic heterocycles. The first-order valence-corrected chi connectivity index (χ1v) is 5.93. The maximum Gasteiger partial charge on any atom is 0.0784 e. The summed E-state index contributed by atoms with van der Waals surface area (Å²) in [5, 5.41) is 2.18. The van der Waals surface area contributed by atoms with Crippen molar-refractivity contribution in [1.29, 1.82) is 0 Å². The summed E-state index contributed by atoms with van der Waals surface area (Å²) in [7, 11) is 0. The van der Waals surface area contributed by atoms with Crippen LogP contribution in [0.15, 0.2) is 9.85 Å². The summed E-state index contributed by atoms with van der Waals surface area (Å²) in [6.45, 7) is 2.76. The zero-order chi connectivity index (χ0) is 9.47. The third-order valence-corrected chi connectivity index (χ3v) is 5.22. The highest BCUT2D eigenvalue weighted by Crippen LogP contribution is 2.53. The van der Waals surface area contributed by atoms with Crippen molar-refractivity contribution in [3.63, 3.8) is 0 Å². The predicted octanol–water partition coefficient (Wildman–Crippen LogP) is 2.74. The van der Waals surface area contributed by atoms with Crippen LogP contribution in [-0.2, 0) is 10.3 Å². The van der Waals surface area contributed by atoms with E-state index < -0.39 is 0 Å². The summed E-state index contributed by atoms with van der Waals surface area (Å²) in [4.78, 5) is 6.17. The van der Waals surface area contributed by atoms with Crippen molar-refractivity contribution >= 4 is 27.3 Å². The Kier molecular flexibility index (Phi) is 2.49. The molecule has 72 valence electrons. The van der Waals surface area contributed by atoms with Crippen molar-refractivity contribution in [2.45, 2.75) is 25.2 Å². The van der Waals surface area contributed by atoms with Crippen LogP contribution in [0, 0.1) is 6.92 Å². The van der Waals surface area contributed by atoms with E-state index in [9.17, 15) is 0 Å². The minimum Gasteiger partial charge on any atom is -0.304 e. The molecule has 2 nitrogen and oxygen atoms in total. The van der Waals surface area contributed by atoms with Gasteiger partial charge < -0.3 is 4.84 Å². The Morgan fingerprint density at radius 3 is 2.77 bits per heavy atom. The first-order valence-electron chi connectivity index (χ1n) is 4.25. The highest BCUT2D eigenvalue weighted by Gasteiger charge is 2.47. The van der Waals surface area contributed by atoms with Gasteiger partial charge in [0.15, 0.2) is 0 Å². The maximum absolute atomic E-state index is 5.14. The molecule has 1 heterocycles.